The number of carbonyl (C=O) groups excluding carboxylic acids is 1. The summed E-state index contributed by atoms with van der Waals surface area (Å²) in [6.07, 6.45) is -6.08. The number of halogens is 4. The maximum atomic E-state index is 15.3. The summed E-state index contributed by atoms with van der Waals surface area (Å²) in [4.78, 5) is 32.0. The molecule has 1 aromatic heterocycles. The van der Waals surface area contributed by atoms with E-state index in [1.807, 2.05) is 0 Å². The zero-order valence-corrected chi connectivity index (χ0v) is 23.1. The molecular formula is C30H30F4N4O4. The standard InChI is InChI=1S/C30H30F4N4O4/c1-28(2,3)42-27(40)37-14-13-29(18-37,30(32,33)34)12-11-19-7-5-9-22-20(19)17-41-16-15-38(22)25-24-21(31)8-6-10-23(24)36(4)26(39)35-25/h5-10H,13-18H2,1-4H3/i4D3. The van der Waals surface area contributed by atoms with E-state index in [0.29, 0.717) is 15.8 Å². The first-order chi connectivity index (χ1) is 20.9. The lowest BCUT2D eigenvalue weighted by Gasteiger charge is -2.28. The van der Waals surface area contributed by atoms with E-state index in [4.69, 9.17) is 13.6 Å². The minimum Gasteiger partial charge on any atom is -0.444 e. The molecule has 0 radical (unpaired) electrons. The summed E-state index contributed by atoms with van der Waals surface area (Å²) in [5.41, 5.74) is -3.82. The molecule has 2 aliphatic heterocycles. The Labute approximate surface area is 244 Å². The van der Waals surface area contributed by atoms with Crippen molar-refractivity contribution in [2.24, 2.45) is 12.4 Å². The summed E-state index contributed by atoms with van der Waals surface area (Å²) >= 11 is 0. The molecule has 42 heavy (non-hydrogen) atoms. The minimum atomic E-state index is -4.77. The van der Waals surface area contributed by atoms with Crippen molar-refractivity contribution in [1.82, 2.24) is 14.5 Å². The Kier molecular flexibility index (Phi) is 6.47. The number of ether oxygens (including phenoxy) is 2. The van der Waals surface area contributed by atoms with Gasteiger partial charge in [-0.1, -0.05) is 24.0 Å². The highest BCUT2D eigenvalue weighted by Crippen LogP contribution is 2.45. The molecule has 222 valence electrons. The van der Waals surface area contributed by atoms with Crippen molar-refractivity contribution in [3.63, 3.8) is 0 Å². The third kappa shape index (κ3) is 5.41. The van der Waals surface area contributed by atoms with Crippen LogP contribution in [0.15, 0.2) is 41.2 Å². The molecule has 12 heteroatoms. The van der Waals surface area contributed by atoms with Gasteiger partial charge in [-0.2, -0.15) is 18.2 Å². The van der Waals surface area contributed by atoms with Crippen molar-refractivity contribution in [3.05, 3.63) is 63.8 Å². The number of aryl methyl sites for hydroxylation is 1. The second-order valence-electron chi connectivity index (χ2n) is 11.2. The first kappa shape index (κ1) is 25.6. The number of hydrogen-bond acceptors (Lipinski definition) is 6. The molecule has 0 spiro atoms. The third-order valence-corrected chi connectivity index (χ3v) is 7.15. The van der Waals surface area contributed by atoms with Crippen LogP contribution in [-0.4, -0.2) is 58.6 Å². The van der Waals surface area contributed by atoms with Crippen molar-refractivity contribution in [3.8, 4) is 11.8 Å². The van der Waals surface area contributed by atoms with Crippen molar-refractivity contribution in [2.45, 2.75) is 45.6 Å². The summed E-state index contributed by atoms with van der Waals surface area (Å²) < 4.78 is 93.6. The number of rotatable bonds is 1. The molecule has 0 N–H and O–H groups in total. The molecule has 3 heterocycles. The van der Waals surface area contributed by atoms with Crippen LogP contribution in [0.4, 0.5) is 33.9 Å². The Morgan fingerprint density at radius 3 is 2.64 bits per heavy atom. The number of alkyl halides is 3. The molecule has 1 unspecified atom stereocenters. The maximum absolute atomic E-state index is 15.3. The molecule has 5 rings (SSSR count). The number of aromatic nitrogens is 2. The Balaban J connectivity index is 1.60. The fourth-order valence-electron chi connectivity index (χ4n) is 5.07. The number of amides is 1. The highest BCUT2D eigenvalue weighted by Gasteiger charge is 2.58. The van der Waals surface area contributed by atoms with Gasteiger partial charge in [0, 0.05) is 47.5 Å². The summed E-state index contributed by atoms with van der Waals surface area (Å²) in [7, 11) is 0. The van der Waals surface area contributed by atoms with Crippen molar-refractivity contribution < 1.29 is 35.9 Å². The average molecular weight is 590 g/mol. The normalized spacial score (nSPS) is 20.6. The van der Waals surface area contributed by atoms with E-state index in [1.54, 1.807) is 32.9 Å². The Hall–Kier alpha value is -4.11. The highest BCUT2D eigenvalue weighted by molar-refractivity contribution is 5.92. The molecule has 2 aromatic carbocycles. The molecule has 0 aliphatic carbocycles. The molecule has 8 nitrogen and oxygen atoms in total. The van der Waals surface area contributed by atoms with Gasteiger partial charge in [0.2, 0.25) is 0 Å². The Morgan fingerprint density at radius 2 is 1.93 bits per heavy atom. The Morgan fingerprint density at radius 1 is 1.17 bits per heavy atom. The number of anilines is 2. The van der Waals surface area contributed by atoms with Gasteiger partial charge in [-0.25, -0.2) is 14.0 Å². The fourth-order valence-corrected chi connectivity index (χ4v) is 5.07. The predicted molar refractivity (Wildman–Crippen MR) is 148 cm³/mol. The lowest BCUT2D eigenvalue weighted by Crippen LogP contribution is -2.42. The van der Waals surface area contributed by atoms with Crippen LogP contribution < -0.4 is 10.6 Å². The van der Waals surface area contributed by atoms with Gasteiger partial charge in [0.05, 0.1) is 24.1 Å². The summed E-state index contributed by atoms with van der Waals surface area (Å²) in [5, 5.41) is -0.221. The molecule has 1 atom stereocenters. The number of carbonyl (C=O) groups is 1. The van der Waals surface area contributed by atoms with E-state index in [0.717, 1.165) is 11.0 Å². The minimum absolute atomic E-state index is 0.0630. The SMILES string of the molecule is [2H]C([2H])([2H])n1c(=O)nc(N2CCOCc3c(C#CC4(C(F)(F)F)CCN(C(=O)OC(C)(C)C)C4)cccc32)c2c(F)cccc21. The molecule has 0 bridgehead atoms. The maximum Gasteiger partial charge on any atom is 0.410 e. The van der Waals surface area contributed by atoms with Gasteiger partial charge >= 0.3 is 18.0 Å². The molecule has 2 aliphatic rings. The Bertz CT molecular complexity index is 1780. The zero-order chi connectivity index (χ0) is 32.9. The second kappa shape index (κ2) is 10.6. The van der Waals surface area contributed by atoms with Crippen LogP contribution in [0.2, 0.25) is 0 Å². The van der Waals surface area contributed by atoms with E-state index in [2.05, 4.69) is 16.8 Å². The largest absolute Gasteiger partial charge is 0.444 e. The van der Waals surface area contributed by atoms with Gasteiger partial charge < -0.3 is 19.3 Å². The van der Waals surface area contributed by atoms with Crippen LogP contribution in [0.1, 0.15) is 42.4 Å². The van der Waals surface area contributed by atoms with Gasteiger partial charge in [0.25, 0.3) is 0 Å². The first-order valence-corrected chi connectivity index (χ1v) is 13.2. The topological polar surface area (TPSA) is 76.9 Å². The van der Waals surface area contributed by atoms with Crippen molar-refractivity contribution in [1.29, 1.82) is 0 Å². The molecule has 1 fully saturated rings. The third-order valence-electron chi connectivity index (χ3n) is 7.15. The highest BCUT2D eigenvalue weighted by atomic mass is 19.4. The van der Waals surface area contributed by atoms with Crippen LogP contribution in [0.25, 0.3) is 10.9 Å². The number of hydrogen-bond donors (Lipinski definition) is 0. The van der Waals surface area contributed by atoms with Gasteiger partial charge in [-0.05, 0) is 51.5 Å². The molecule has 3 aromatic rings. The first-order valence-electron chi connectivity index (χ1n) is 14.7. The lowest BCUT2D eigenvalue weighted by molar-refractivity contribution is -0.197. The van der Waals surface area contributed by atoms with Crippen LogP contribution in [0.5, 0.6) is 0 Å². The lowest BCUT2D eigenvalue weighted by atomic mass is 9.86. The van der Waals surface area contributed by atoms with Gasteiger partial charge in [0.15, 0.2) is 5.82 Å². The van der Waals surface area contributed by atoms with E-state index in [9.17, 15) is 22.8 Å². The van der Waals surface area contributed by atoms with Crippen LogP contribution in [0, 0.1) is 23.1 Å². The van der Waals surface area contributed by atoms with Crippen LogP contribution in [0.3, 0.4) is 0 Å². The van der Waals surface area contributed by atoms with Gasteiger partial charge in [-0.15, -0.1) is 0 Å². The second-order valence-corrected chi connectivity index (χ2v) is 11.2. The van der Waals surface area contributed by atoms with Crippen LogP contribution >= 0.6 is 0 Å². The molecule has 1 saturated heterocycles. The van der Waals surface area contributed by atoms with Gasteiger partial charge in [0.1, 0.15) is 16.8 Å². The predicted octanol–water partition coefficient (Wildman–Crippen LogP) is 5.28. The summed E-state index contributed by atoms with van der Waals surface area (Å²) in [5.74, 6) is 4.09. The van der Waals surface area contributed by atoms with E-state index in [-0.39, 0.29) is 48.6 Å². The molecule has 1 amide bonds. The van der Waals surface area contributed by atoms with E-state index >= 15 is 4.39 Å². The zero-order valence-electron chi connectivity index (χ0n) is 26.1. The average Bonchev–Trinajstić information content (AvgIpc) is 3.25. The van der Waals surface area contributed by atoms with Crippen LogP contribution in [-0.2, 0) is 23.1 Å². The summed E-state index contributed by atoms with van der Waals surface area (Å²) in [6, 6.07) is 8.36. The van der Waals surface area contributed by atoms with Gasteiger partial charge in [-0.3, -0.25) is 4.57 Å². The number of fused-ring (bicyclic) bond motifs is 2. The quantitative estimate of drug-likeness (QED) is 0.284. The molecule has 0 saturated carbocycles. The number of benzene rings is 2. The number of nitrogens with zero attached hydrogens (tertiary/aromatic N) is 4. The van der Waals surface area contributed by atoms with E-state index in [1.165, 1.54) is 23.1 Å². The monoisotopic (exact) mass is 589 g/mol. The number of likely N-dealkylation sites (tertiary alicyclic amines) is 1. The smallest absolute Gasteiger partial charge is 0.410 e. The van der Waals surface area contributed by atoms with Crippen molar-refractivity contribution >= 4 is 28.5 Å². The van der Waals surface area contributed by atoms with E-state index < -0.39 is 54.7 Å². The fraction of sp³-hybridized carbons (Fsp3) is 0.433. The molecular weight excluding hydrogens is 556 g/mol. The summed E-state index contributed by atoms with van der Waals surface area (Å²) in [6.45, 7) is 1.09. The van der Waals surface area contributed by atoms with Crippen molar-refractivity contribution in [2.75, 3.05) is 31.1 Å².